The van der Waals surface area contributed by atoms with Gasteiger partial charge in [-0.2, -0.15) is 0 Å². The van der Waals surface area contributed by atoms with Crippen LogP contribution in [0.15, 0.2) is 48.5 Å². The van der Waals surface area contributed by atoms with Crippen LogP contribution in [0.1, 0.15) is 36.6 Å². The van der Waals surface area contributed by atoms with Gasteiger partial charge in [0.25, 0.3) is 5.91 Å². The fourth-order valence-corrected chi connectivity index (χ4v) is 2.19. The van der Waals surface area contributed by atoms with Crippen molar-refractivity contribution in [1.29, 1.82) is 0 Å². The first kappa shape index (κ1) is 16.1. The maximum atomic E-state index is 12.0. The van der Waals surface area contributed by atoms with Gasteiger partial charge in [0, 0.05) is 0 Å². The molecular weight excluding hydrogens is 274 g/mol. The third-order valence-electron chi connectivity index (χ3n) is 3.66. The number of carbonyl (C=O) groups excluding carboxylic acids is 1. The second-order valence-electron chi connectivity index (χ2n) is 5.49. The van der Waals surface area contributed by atoms with Gasteiger partial charge >= 0.3 is 0 Å². The Morgan fingerprint density at radius 1 is 1.09 bits per heavy atom. The molecule has 0 aliphatic heterocycles. The van der Waals surface area contributed by atoms with Gasteiger partial charge in [0.15, 0.2) is 6.61 Å². The van der Waals surface area contributed by atoms with Gasteiger partial charge in [-0.05, 0) is 43.5 Å². The Bertz CT molecular complexity index is 602. The van der Waals surface area contributed by atoms with Crippen molar-refractivity contribution in [3.8, 4) is 5.75 Å². The molecular formula is C19H23NO2. The number of rotatable bonds is 6. The Labute approximate surface area is 132 Å². The van der Waals surface area contributed by atoms with Crippen LogP contribution in [0.2, 0.25) is 0 Å². The van der Waals surface area contributed by atoms with Gasteiger partial charge in [-0.3, -0.25) is 4.79 Å². The highest BCUT2D eigenvalue weighted by atomic mass is 16.5. The average Bonchev–Trinajstić information content (AvgIpc) is 2.54. The van der Waals surface area contributed by atoms with E-state index in [9.17, 15) is 4.79 Å². The maximum absolute atomic E-state index is 12.0. The van der Waals surface area contributed by atoms with E-state index in [2.05, 4.69) is 36.5 Å². The van der Waals surface area contributed by atoms with E-state index in [1.54, 1.807) is 0 Å². The van der Waals surface area contributed by atoms with Crippen molar-refractivity contribution >= 4 is 5.91 Å². The number of hydrogen-bond donors (Lipinski definition) is 1. The molecule has 0 spiro atoms. The van der Waals surface area contributed by atoms with Crippen LogP contribution < -0.4 is 10.1 Å². The second kappa shape index (κ2) is 7.64. The lowest BCUT2D eigenvalue weighted by atomic mass is 10.1. The Balaban J connectivity index is 1.83. The molecule has 2 aromatic rings. The number of ether oxygens (including phenoxy) is 1. The minimum Gasteiger partial charge on any atom is -0.484 e. The van der Waals surface area contributed by atoms with Gasteiger partial charge in [-0.15, -0.1) is 0 Å². The van der Waals surface area contributed by atoms with E-state index in [0.29, 0.717) is 5.75 Å². The summed E-state index contributed by atoms with van der Waals surface area (Å²) in [6.45, 7) is 6.15. The molecule has 0 heterocycles. The molecule has 1 atom stereocenters. The Hall–Kier alpha value is -2.29. The Kier molecular flexibility index (Phi) is 5.59. The topological polar surface area (TPSA) is 38.3 Å². The molecule has 0 saturated carbocycles. The molecule has 0 aromatic heterocycles. The van der Waals surface area contributed by atoms with Crippen LogP contribution in [-0.2, 0) is 11.2 Å². The van der Waals surface area contributed by atoms with Crippen molar-refractivity contribution in [2.24, 2.45) is 0 Å². The lowest BCUT2D eigenvalue weighted by Crippen LogP contribution is -2.31. The standard InChI is InChI=1S/C19H23NO2/c1-4-16-7-9-17(10-8-16)15(3)20-19(21)13-22-18-11-5-14(2)6-12-18/h5-12,15H,4,13H2,1-3H3,(H,20,21)/t15-/m1/s1. The van der Waals surface area contributed by atoms with Gasteiger partial charge in [0.1, 0.15) is 5.75 Å². The summed E-state index contributed by atoms with van der Waals surface area (Å²) in [7, 11) is 0. The van der Waals surface area contributed by atoms with Crippen molar-refractivity contribution in [2.45, 2.75) is 33.2 Å². The van der Waals surface area contributed by atoms with Crippen LogP contribution in [0.4, 0.5) is 0 Å². The fraction of sp³-hybridized carbons (Fsp3) is 0.316. The third-order valence-corrected chi connectivity index (χ3v) is 3.66. The van der Waals surface area contributed by atoms with Gasteiger partial charge in [0.05, 0.1) is 6.04 Å². The SMILES string of the molecule is CCc1ccc([C@@H](C)NC(=O)COc2ccc(C)cc2)cc1. The van der Waals surface area contributed by atoms with E-state index in [1.807, 2.05) is 38.1 Å². The van der Waals surface area contributed by atoms with E-state index in [-0.39, 0.29) is 18.6 Å². The number of aryl methyl sites for hydroxylation is 2. The first-order chi connectivity index (χ1) is 10.6. The van der Waals surface area contributed by atoms with E-state index < -0.39 is 0 Å². The zero-order valence-corrected chi connectivity index (χ0v) is 13.4. The Morgan fingerprint density at radius 3 is 2.32 bits per heavy atom. The number of carbonyl (C=O) groups is 1. The molecule has 1 N–H and O–H groups in total. The van der Waals surface area contributed by atoms with Gasteiger partial charge in [-0.25, -0.2) is 0 Å². The van der Waals surface area contributed by atoms with Gasteiger partial charge in [-0.1, -0.05) is 48.9 Å². The minimum absolute atomic E-state index is 0.0278. The highest BCUT2D eigenvalue weighted by Gasteiger charge is 2.10. The van der Waals surface area contributed by atoms with Crippen molar-refractivity contribution in [3.63, 3.8) is 0 Å². The molecule has 0 saturated heterocycles. The largest absolute Gasteiger partial charge is 0.484 e. The molecule has 0 fully saturated rings. The summed E-state index contributed by atoms with van der Waals surface area (Å²) in [4.78, 5) is 12.0. The molecule has 22 heavy (non-hydrogen) atoms. The molecule has 0 unspecified atom stereocenters. The third kappa shape index (κ3) is 4.62. The highest BCUT2D eigenvalue weighted by Crippen LogP contribution is 2.14. The van der Waals surface area contributed by atoms with E-state index in [4.69, 9.17) is 4.74 Å². The Morgan fingerprint density at radius 2 is 1.73 bits per heavy atom. The van der Waals surface area contributed by atoms with E-state index >= 15 is 0 Å². The molecule has 3 heteroatoms. The summed E-state index contributed by atoms with van der Waals surface area (Å²) in [6.07, 6.45) is 1.02. The van der Waals surface area contributed by atoms with Crippen molar-refractivity contribution in [3.05, 3.63) is 65.2 Å². The number of amides is 1. The number of nitrogens with one attached hydrogen (secondary N) is 1. The molecule has 116 valence electrons. The molecule has 3 nitrogen and oxygen atoms in total. The lowest BCUT2D eigenvalue weighted by molar-refractivity contribution is -0.123. The van der Waals surface area contributed by atoms with Crippen LogP contribution in [0.5, 0.6) is 5.75 Å². The zero-order chi connectivity index (χ0) is 15.9. The summed E-state index contributed by atoms with van der Waals surface area (Å²) >= 11 is 0. The molecule has 1 amide bonds. The molecule has 0 aliphatic rings. The monoisotopic (exact) mass is 297 g/mol. The summed E-state index contributed by atoms with van der Waals surface area (Å²) in [5, 5.41) is 2.95. The smallest absolute Gasteiger partial charge is 0.258 e. The lowest BCUT2D eigenvalue weighted by Gasteiger charge is -2.15. The minimum atomic E-state index is -0.118. The van der Waals surface area contributed by atoms with Crippen LogP contribution >= 0.6 is 0 Å². The molecule has 0 aliphatic carbocycles. The van der Waals surface area contributed by atoms with Crippen molar-refractivity contribution < 1.29 is 9.53 Å². The molecule has 0 bridgehead atoms. The van der Waals surface area contributed by atoms with Crippen LogP contribution in [0.25, 0.3) is 0 Å². The van der Waals surface area contributed by atoms with Crippen molar-refractivity contribution in [1.82, 2.24) is 5.32 Å². The summed E-state index contributed by atoms with van der Waals surface area (Å²) in [5.41, 5.74) is 3.56. The first-order valence-electron chi connectivity index (χ1n) is 7.66. The molecule has 2 aromatic carbocycles. The van der Waals surface area contributed by atoms with Crippen molar-refractivity contribution in [2.75, 3.05) is 6.61 Å². The van der Waals surface area contributed by atoms with E-state index in [1.165, 1.54) is 11.1 Å². The zero-order valence-electron chi connectivity index (χ0n) is 13.4. The van der Waals surface area contributed by atoms with E-state index in [0.717, 1.165) is 12.0 Å². The fourth-order valence-electron chi connectivity index (χ4n) is 2.19. The summed E-state index contributed by atoms with van der Waals surface area (Å²) in [6, 6.07) is 16.0. The second-order valence-corrected chi connectivity index (χ2v) is 5.49. The average molecular weight is 297 g/mol. The highest BCUT2D eigenvalue weighted by molar-refractivity contribution is 5.78. The summed E-state index contributed by atoms with van der Waals surface area (Å²) < 4.78 is 5.48. The quantitative estimate of drug-likeness (QED) is 0.880. The molecule has 2 rings (SSSR count). The summed E-state index contributed by atoms with van der Waals surface area (Å²) in [5.74, 6) is 0.591. The predicted octanol–water partition coefficient (Wildman–Crippen LogP) is 3.81. The van der Waals surface area contributed by atoms with Gasteiger partial charge in [0.2, 0.25) is 0 Å². The number of benzene rings is 2. The van der Waals surface area contributed by atoms with Gasteiger partial charge < -0.3 is 10.1 Å². The maximum Gasteiger partial charge on any atom is 0.258 e. The van der Waals surface area contributed by atoms with Crippen LogP contribution in [-0.4, -0.2) is 12.5 Å². The normalized spacial score (nSPS) is 11.8. The first-order valence-corrected chi connectivity index (χ1v) is 7.66. The predicted molar refractivity (Wildman–Crippen MR) is 89.1 cm³/mol. The van der Waals surface area contributed by atoms with Crippen LogP contribution in [0.3, 0.4) is 0 Å². The van der Waals surface area contributed by atoms with Crippen LogP contribution in [0, 0.1) is 6.92 Å². The number of hydrogen-bond acceptors (Lipinski definition) is 2. The molecule has 0 radical (unpaired) electrons.